The van der Waals surface area contributed by atoms with E-state index in [0.29, 0.717) is 11.8 Å². The molecule has 1 aromatic carbocycles. The van der Waals surface area contributed by atoms with Crippen molar-refractivity contribution in [3.05, 3.63) is 35.5 Å². The van der Waals surface area contributed by atoms with Gasteiger partial charge in [0.1, 0.15) is 0 Å². The number of fused-ring (bicyclic) bond motifs is 1. The summed E-state index contributed by atoms with van der Waals surface area (Å²) in [5.41, 5.74) is 3.75. The van der Waals surface area contributed by atoms with Gasteiger partial charge in [-0.2, -0.15) is 0 Å². The fraction of sp³-hybridized carbons (Fsp3) is 0.571. The number of hydrogen-bond acceptors (Lipinski definition) is 2. The zero-order valence-electron chi connectivity index (χ0n) is 16.1. The Morgan fingerprint density at radius 1 is 1.12 bits per heavy atom. The van der Waals surface area contributed by atoms with Gasteiger partial charge in [0.2, 0.25) is 5.91 Å². The Hall–Kier alpha value is -1.81. The van der Waals surface area contributed by atoms with Crippen LogP contribution in [0.15, 0.2) is 24.3 Å². The Labute approximate surface area is 151 Å². The molecule has 0 unspecified atom stereocenters. The standard InChI is InChI=1S/C21H31N3O/c1-16-18(17-7-5-6-8-19(17)22-16)15-20(25)24-13-11-23(12-14-24)10-9-21(2,3)4/h5-8,22H,9-15H2,1-4H3. The molecule has 0 saturated carbocycles. The predicted molar refractivity (Wildman–Crippen MR) is 104 cm³/mol. The SMILES string of the molecule is Cc1[nH]c2ccccc2c1CC(=O)N1CCN(CCC(C)(C)C)CC1. The highest BCUT2D eigenvalue weighted by Gasteiger charge is 2.23. The highest BCUT2D eigenvalue weighted by Crippen LogP contribution is 2.23. The molecule has 0 bridgehead atoms. The number of aryl methyl sites for hydroxylation is 1. The average Bonchev–Trinajstić information content (AvgIpc) is 2.88. The molecule has 1 aromatic heterocycles. The van der Waals surface area contributed by atoms with E-state index in [1.807, 2.05) is 17.0 Å². The zero-order valence-corrected chi connectivity index (χ0v) is 16.1. The van der Waals surface area contributed by atoms with Crippen LogP contribution in [0.3, 0.4) is 0 Å². The molecule has 1 fully saturated rings. The van der Waals surface area contributed by atoms with Gasteiger partial charge in [-0.25, -0.2) is 0 Å². The van der Waals surface area contributed by atoms with Crippen LogP contribution in [-0.4, -0.2) is 53.4 Å². The number of rotatable bonds is 4. The van der Waals surface area contributed by atoms with E-state index in [-0.39, 0.29) is 5.91 Å². The Balaban J connectivity index is 1.57. The predicted octanol–water partition coefficient (Wildman–Crippen LogP) is 3.60. The summed E-state index contributed by atoms with van der Waals surface area (Å²) in [6.45, 7) is 13.8. The van der Waals surface area contributed by atoms with Crippen molar-refractivity contribution in [3.63, 3.8) is 0 Å². The van der Waals surface area contributed by atoms with Crippen molar-refractivity contribution in [3.8, 4) is 0 Å². The summed E-state index contributed by atoms with van der Waals surface area (Å²) in [4.78, 5) is 20.7. The van der Waals surface area contributed by atoms with Crippen molar-refractivity contribution < 1.29 is 4.79 Å². The zero-order chi connectivity index (χ0) is 18.0. The molecule has 0 radical (unpaired) electrons. The summed E-state index contributed by atoms with van der Waals surface area (Å²) in [7, 11) is 0. The molecule has 0 spiro atoms. The molecule has 1 amide bonds. The van der Waals surface area contributed by atoms with Crippen molar-refractivity contribution in [2.45, 2.75) is 40.5 Å². The van der Waals surface area contributed by atoms with Crippen LogP contribution in [-0.2, 0) is 11.2 Å². The maximum Gasteiger partial charge on any atom is 0.227 e. The topological polar surface area (TPSA) is 39.3 Å². The lowest BCUT2D eigenvalue weighted by molar-refractivity contribution is -0.132. The molecule has 1 aliphatic rings. The summed E-state index contributed by atoms with van der Waals surface area (Å²) in [6.07, 6.45) is 1.70. The number of aromatic amines is 1. The van der Waals surface area contributed by atoms with E-state index in [1.165, 1.54) is 11.8 Å². The second-order valence-electron chi connectivity index (χ2n) is 8.48. The van der Waals surface area contributed by atoms with Gasteiger partial charge in [0.15, 0.2) is 0 Å². The van der Waals surface area contributed by atoms with Crippen LogP contribution in [0.1, 0.15) is 38.4 Å². The minimum absolute atomic E-state index is 0.253. The van der Waals surface area contributed by atoms with E-state index in [0.717, 1.165) is 49.5 Å². The Bertz CT molecular complexity index is 733. The molecule has 2 aromatic rings. The molecule has 1 aliphatic heterocycles. The fourth-order valence-electron chi connectivity index (χ4n) is 3.54. The number of nitrogens with zero attached hydrogens (tertiary/aromatic N) is 2. The second kappa shape index (κ2) is 7.20. The molecule has 0 aliphatic carbocycles. The number of carbonyl (C=O) groups excluding carboxylic acids is 1. The molecule has 4 heteroatoms. The van der Waals surface area contributed by atoms with E-state index < -0.39 is 0 Å². The first-order valence-electron chi connectivity index (χ1n) is 9.40. The van der Waals surface area contributed by atoms with Crippen LogP contribution in [0.25, 0.3) is 10.9 Å². The molecular formula is C21H31N3O. The first-order chi connectivity index (χ1) is 11.8. The summed E-state index contributed by atoms with van der Waals surface area (Å²) in [5, 5.41) is 1.18. The Morgan fingerprint density at radius 3 is 2.48 bits per heavy atom. The highest BCUT2D eigenvalue weighted by atomic mass is 16.2. The molecule has 0 atom stereocenters. The minimum atomic E-state index is 0.253. The monoisotopic (exact) mass is 341 g/mol. The van der Waals surface area contributed by atoms with E-state index in [2.05, 4.69) is 49.7 Å². The van der Waals surface area contributed by atoms with Gasteiger partial charge in [0.05, 0.1) is 6.42 Å². The van der Waals surface area contributed by atoms with Gasteiger partial charge >= 0.3 is 0 Å². The smallest absolute Gasteiger partial charge is 0.227 e. The molecule has 25 heavy (non-hydrogen) atoms. The van der Waals surface area contributed by atoms with Gasteiger partial charge < -0.3 is 9.88 Å². The third kappa shape index (κ3) is 4.43. The third-order valence-electron chi connectivity index (χ3n) is 5.26. The molecular weight excluding hydrogens is 310 g/mol. The van der Waals surface area contributed by atoms with Gasteiger partial charge in [0, 0.05) is 42.8 Å². The summed E-state index contributed by atoms with van der Waals surface area (Å²) >= 11 is 0. The lowest BCUT2D eigenvalue weighted by Crippen LogP contribution is -2.49. The minimum Gasteiger partial charge on any atom is -0.358 e. The summed E-state index contributed by atoms with van der Waals surface area (Å²) in [6, 6.07) is 8.24. The van der Waals surface area contributed by atoms with Crippen LogP contribution in [0, 0.1) is 12.3 Å². The molecule has 2 heterocycles. The Morgan fingerprint density at radius 2 is 1.80 bits per heavy atom. The fourth-order valence-corrected chi connectivity index (χ4v) is 3.54. The van der Waals surface area contributed by atoms with Crippen molar-refractivity contribution in [2.24, 2.45) is 5.41 Å². The largest absolute Gasteiger partial charge is 0.358 e. The quantitative estimate of drug-likeness (QED) is 0.923. The number of para-hydroxylation sites is 1. The Kier molecular flexibility index (Phi) is 5.19. The van der Waals surface area contributed by atoms with Crippen molar-refractivity contribution in [1.29, 1.82) is 0 Å². The number of carbonyl (C=O) groups is 1. The van der Waals surface area contributed by atoms with E-state index >= 15 is 0 Å². The van der Waals surface area contributed by atoms with Crippen molar-refractivity contribution in [1.82, 2.24) is 14.8 Å². The highest BCUT2D eigenvalue weighted by molar-refractivity contribution is 5.90. The van der Waals surface area contributed by atoms with Crippen LogP contribution >= 0.6 is 0 Å². The number of hydrogen-bond donors (Lipinski definition) is 1. The average molecular weight is 341 g/mol. The maximum absolute atomic E-state index is 12.8. The van der Waals surface area contributed by atoms with Gasteiger partial charge in [0.25, 0.3) is 0 Å². The number of amides is 1. The molecule has 4 nitrogen and oxygen atoms in total. The van der Waals surface area contributed by atoms with E-state index in [1.54, 1.807) is 0 Å². The maximum atomic E-state index is 12.8. The number of aromatic nitrogens is 1. The third-order valence-corrected chi connectivity index (χ3v) is 5.26. The lowest BCUT2D eigenvalue weighted by atomic mass is 9.92. The van der Waals surface area contributed by atoms with Gasteiger partial charge in [-0.05, 0) is 36.9 Å². The molecule has 1 N–H and O–H groups in total. The molecule has 3 rings (SSSR count). The number of H-pyrrole nitrogens is 1. The summed E-state index contributed by atoms with van der Waals surface area (Å²) in [5.74, 6) is 0.253. The number of benzene rings is 1. The molecule has 1 saturated heterocycles. The summed E-state index contributed by atoms with van der Waals surface area (Å²) < 4.78 is 0. The van der Waals surface area contributed by atoms with E-state index in [4.69, 9.17) is 0 Å². The van der Waals surface area contributed by atoms with Gasteiger partial charge in [-0.3, -0.25) is 9.69 Å². The first-order valence-corrected chi connectivity index (χ1v) is 9.40. The first kappa shape index (κ1) is 18.0. The van der Waals surface area contributed by atoms with Crippen LogP contribution in [0.2, 0.25) is 0 Å². The van der Waals surface area contributed by atoms with Crippen LogP contribution in [0.4, 0.5) is 0 Å². The van der Waals surface area contributed by atoms with E-state index in [9.17, 15) is 4.79 Å². The van der Waals surface area contributed by atoms with Crippen molar-refractivity contribution >= 4 is 16.8 Å². The van der Waals surface area contributed by atoms with Gasteiger partial charge in [-0.1, -0.05) is 39.0 Å². The van der Waals surface area contributed by atoms with Crippen LogP contribution in [0.5, 0.6) is 0 Å². The number of piperazine rings is 1. The molecule has 136 valence electrons. The number of nitrogens with one attached hydrogen (secondary N) is 1. The van der Waals surface area contributed by atoms with Crippen molar-refractivity contribution in [2.75, 3.05) is 32.7 Å². The lowest BCUT2D eigenvalue weighted by Gasteiger charge is -2.36. The van der Waals surface area contributed by atoms with Crippen LogP contribution < -0.4 is 0 Å². The van der Waals surface area contributed by atoms with Gasteiger partial charge in [-0.15, -0.1) is 0 Å². The second-order valence-corrected chi connectivity index (χ2v) is 8.48. The normalized spacial score (nSPS) is 16.6.